The van der Waals surface area contributed by atoms with Crippen LogP contribution in [-0.4, -0.2) is 59.1 Å². The molecular weight excluding hydrogens is 308 g/mol. The van der Waals surface area contributed by atoms with Crippen LogP contribution < -0.4 is 0 Å². The summed E-state index contributed by atoms with van der Waals surface area (Å²) in [6.45, 7) is 4.84. The molecule has 0 aromatic rings. The van der Waals surface area contributed by atoms with Gasteiger partial charge in [0.2, 0.25) is 0 Å². The molecule has 1 saturated heterocycles. The van der Waals surface area contributed by atoms with E-state index in [4.69, 9.17) is 9.47 Å². The molecular formula is C19H38O5. The lowest BCUT2D eigenvalue weighted by Gasteiger charge is -2.39. The molecule has 3 N–H and O–H groups in total. The van der Waals surface area contributed by atoms with Crippen molar-refractivity contribution in [1.29, 1.82) is 0 Å². The Labute approximate surface area is 147 Å². The summed E-state index contributed by atoms with van der Waals surface area (Å²) in [6, 6.07) is 0. The molecule has 5 atom stereocenters. The Kier molecular flexibility index (Phi) is 11.9. The average Bonchev–Trinajstić information content (AvgIpc) is 2.58. The molecule has 0 saturated carbocycles. The second-order valence-corrected chi connectivity index (χ2v) is 7.11. The molecule has 2 unspecified atom stereocenters. The number of unbranched alkanes of at least 4 members (excludes halogenated alkanes) is 9. The highest BCUT2D eigenvalue weighted by atomic mass is 16.6. The Hall–Kier alpha value is -0.200. The Morgan fingerprint density at radius 2 is 1.29 bits per heavy atom. The quantitative estimate of drug-likeness (QED) is 0.447. The summed E-state index contributed by atoms with van der Waals surface area (Å²) >= 11 is 0. The predicted octanol–water partition coefficient (Wildman–Crippen LogP) is 2.79. The van der Waals surface area contributed by atoms with Gasteiger partial charge in [0.05, 0.1) is 12.7 Å². The van der Waals surface area contributed by atoms with Crippen molar-refractivity contribution >= 4 is 0 Å². The Bertz CT molecular complexity index is 299. The number of aliphatic hydroxyl groups excluding tert-OH is 3. The lowest BCUT2D eigenvalue weighted by atomic mass is 9.96. The van der Waals surface area contributed by atoms with Crippen LogP contribution in [0.25, 0.3) is 0 Å². The number of aliphatic hydroxyl groups is 3. The van der Waals surface area contributed by atoms with Gasteiger partial charge in [0.1, 0.15) is 24.4 Å². The highest BCUT2D eigenvalue weighted by Crippen LogP contribution is 2.21. The third-order valence-corrected chi connectivity index (χ3v) is 4.88. The SMILES string of the molecule is CCCCCCCCCCCCOCC1O[C@H](C)C(O)[C@@H](O)[C@@H]1O. The second kappa shape index (κ2) is 13.1. The smallest absolute Gasteiger partial charge is 0.111 e. The van der Waals surface area contributed by atoms with Gasteiger partial charge >= 0.3 is 0 Å². The zero-order valence-corrected chi connectivity index (χ0v) is 15.5. The minimum Gasteiger partial charge on any atom is -0.388 e. The van der Waals surface area contributed by atoms with E-state index in [0.717, 1.165) is 6.42 Å². The first-order valence-corrected chi connectivity index (χ1v) is 9.85. The van der Waals surface area contributed by atoms with Crippen molar-refractivity contribution in [2.45, 2.75) is 109 Å². The van der Waals surface area contributed by atoms with Crippen molar-refractivity contribution in [2.24, 2.45) is 0 Å². The summed E-state index contributed by atoms with van der Waals surface area (Å²) in [4.78, 5) is 0. The second-order valence-electron chi connectivity index (χ2n) is 7.11. The van der Waals surface area contributed by atoms with Crippen LogP contribution in [0.1, 0.15) is 78.1 Å². The molecule has 0 aliphatic carbocycles. The van der Waals surface area contributed by atoms with Crippen LogP contribution in [0.15, 0.2) is 0 Å². The summed E-state index contributed by atoms with van der Waals surface area (Å²) in [7, 11) is 0. The summed E-state index contributed by atoms with van der Waals surface area (Å²) in [6.07, 6.45) is 8.50. The van der Waals surface area contributed by atoms with Crippen LogP contribution in [0.5, 0.6) is 0 Å². The summed E-state index contributed by atoms with van der Waals surface area (Å²) in [5.74, 6) is 0. The number of hydrogen-bond acceptors (Lipinski definition) is 5. The van der Waals surface area contributed by atoms with Gasteiger partial charge in [0.15, 0.2) is 0 Å². The fraction of sp³-hybridized carbons (Fsp3) is 1.00. The van der Waals surface area contributed by atoms with Gasteiger partial charge in [-0.25, -0.2) is 0 Å². The van der Waals surface area contributed by atoms with Crippen molar-refractivity contribution in [1.82, 2.24) is 0 Å². The van der Waals surface area contributed by atoms with Gasteiger partial charge in [-0.05, 0) is 13.3 Å². The molecule has 0 bridgehead atoms. The fourth-order valence-electron chi connectivity index (χ4n) is 3.17. The normalized spacial score (nSPS) is 30.6. The lowest BCUT2D eigenvalue weighted by Crippen LogP contribution is -2.57. The van der Waals surface area contributed by atoms with Gasteiger partial charge in [-0.15, -0.1) is 0 Å². The van der Waals surface area contributed by atoms with Crippen molar-refractivity contribution in [3.05, 3.63) is 0 Å². The van der Waals surface area contributed by atoms with Crippen molar-refractivity contribution in [2.75, 3.05) is 13.2 Å². The standard InChI is InChI=1S/C19H38O5/c1-3-4-5-6-7-8-9-10-11-12-13-23-14-16-18(21)19(22)17(20)15(2)24-16/h15-22H,3-14H2,1-2H3/t15-,16?,17?,18-,19-/m1/s1. The number of hydrogen-bond donors (Lipinski definition) is 3. The maximum atomic E-state index is 9.89. The molecule has 144 valence electrons. The van der Waals surface area contributed by atoms with Gasteiger partial charge in [-0.2, -0.15) is 0 Å². The Morgan fingerprint density at radius 3 is 1.88 bits per heavy atom. The van der Waals surface area contributed by atoms with E-state index in [-0.39, 0.29) is 6.61 Å². The molecule has 1 fully saturated rings. The van der Waals surface area contributed by atoms with Gasteiger partial charge in [0.25, 0.3) is 0 Å². The van der Waals surface area contributed by atoms with E-state index in [0.29, 0.717) is 6.61 Å². The largest absolute Gasteiger partial charge is 0.388 e. The highest BCUT2D eigenvalue weighted by Gasteiger charge is 2.41. The molecule has 0 aromatic carbocycles. The van der Waals surface area contributed by atoms with E-state index < -0.39 is 30.5 Å². The molecule has 0 aromatic heterocycles. The van der Waals surface area contributed by atoms with E-state index in [2.05, 4.69) is 6.92 Å². The van der Waals surface area contributed by atoms with Crippen LogP contribution in [0.3, 0.4) is 0 Å². The highest BCUT2D eigenvalue weighted by molar-refractivity contribution is 4.90. The fourth-order valence-corrected chi connectivity index (χ4v) is 3.17. The first kappa shape index (κ1) is 21.8. The average molecular weight is 347 g/mol. The third kappa shape index (κ3) is 8.26. The van der Waals surface area contributed by atoms with Gasteiger partial charge in [-0.1, -0.05) is 64.7 Å². The minimum atomic E-state index is -1.17. The van der Waals surface area contributed by atoms with Crippen molar-refractivity contribution in [3.63, 3.8) is 0 Å². The summed E-state index contributed by atoms with van der Waals surface area (Å²) < 4.78 is 11.1. The van der Waals surface area contributed by atoms with Crippen LogP contribution in [-0.2, 0) is 9.47 Å². The number of rotatable bonds is 13. The van der Waals surface area contributed by atoms with E-state index >= 15 is 0 Å². The first-order valence-electron chi connectivity index (χ1n) is 9.85. The minimum absolute atomic E-state index is 0.257. The molecule has 0 radical (unpaired) electrons. The van der Waals surface area contributed by atoms with Crippen molar-refractivity contribution < 1.29 is 24.8 Å². The van der Waals surface area contributed by atoms with Crippen LogP contribution >= 0.6 is 0 Å². The Morgan fingerprint density at radius 1 is 0.750 bits per heavy atom. The number of ether oxygens (including phenoxy) is 2. The molecule has 5 heteroatoms. The summed E-state index contributed by atoms with van der Waals surface area (Å²) in [5.41, 5.74) is 0. The predicted molar refractivity (Wildman–Crippen MR) is 95.0 cm³/mol. The summed E-state index contributed by atoms with van der Waals surface area (Å²) in [5, 5.41) is 29.3. The first-order chi connectivity index (χ1) is 11.6. The van der Waals surface area contributed by atoms with E-state index in [1.54, 1.807) is 6.92 Å². The molecule has 0 amide bonds. The van der Waals surface area contributed by atoms with Gasteiger partial charge < -0.3 is 24.8 Å². The Balaban J connectivity index is 1.93. The van der Waals surface area contributed by atoms with Crippen molar-refractivity contribution in [3.8, 4) is 0 Å². The maximum Gasteiger partial charge on any atom is 0.111 e. The van der Waals surface area contributed by atoms with Gasteiger partial charge in [0, 0.05) is 6.61 Å². The molecule has 1 rings (SSSR count). The van der Waals surface area contributed by atoms with Crippen LogP contribution in [0, 0.1) is 0 Å². The molecule has 1 aliphatic rings. The third-order valence-electron chi connectivity index (χ3n) is 4.88. The molecule has 24 heavy (non-hydrogen) atoms. The molecule has 5 nitrogen and oxygen atoms in total. The van der Waals surface area contributed by atoms with E-state index in [1.165, 1.54) is 57.8 Å². The van der Waals surface area contributed by atoms with E-state index in [9.17, 15) is 15.3 Å². The monoisotopic (exact) mass is 346 g/mol. The molecule has 1 aliphatic heterocycles. The molecule has 0 spiro atoms. The van der Waals surface area contributed by atoms with E-state index in [1.807, 2.05) is 0 Å². The molecule has 1 heterocycles. The maximum absolute atomic E-state index is 9.89. The zero-order valence-electron chi connectivity index (χ0n) is 15.5. The lowest BCUT2D eigenvalue weighted by molar-refractivity contribution is -0.227. The topological polar surface area (TPSA) is 79.2 Å². The van der Waals surface area contributed by atoms with Gasteiger partial charge in [-0.3, -0.25) is 0 Å². The van der Waals surface area contributed by atoms with Crippen LogP contribution in [0.2, 0.25) is 0 Å². The van der Waals surface area contributed by atoms with Crippen LogP contribution in [0.4, 0.5) is 0 Å². The zero-order chi connectivity index (χ0) is 17.8.